The molecule has 7 rings (SSSR count). The molecule has 0 N–H and O–H groups in total. The minimum Gasteiger partial charge on any atom is -0.332 e. The van der Waals surface area contributed by atoms with Crippen LogP contribution in [0.2, 0.25) is 0 Å². The van der Waals surface area contributed by atoms with E-state index in [0.717, 1.165) is 36.3 Å². The van der Waals surface area contributed by atoms with Crippen LogP contribution in [0.15, 0.2) is 151 Å². The first-order valence-electron chi connectivity index (χ1n) is 20.2. The van der Waals surface area contributed by atoms with Gasteiger partial charge in [0.05, 0.1) is 16.8 Å². The minimum atomic E-state index is -0.244. The smallest absolute Gasteiger partial charge is 0.212 e. The van der Waals surface area contributed by atoms with E-state index in [1.54, 1.807) is 0 Å². The summed E-state index contributed by atoms with van der Waals surface area (Å²) < 4.78 is 2.20. The van der Waals surface area contributed by atoms with Crippen molar-refractivity contribution in [1.82, 2.24) is 0 Å². The Hall–Kier alpha value is -5.41. The average Bonchev–Trinajstić information content (AvgIpc) is 3.19. The lowest BCUT2D eigenvalue weighted by molar-refractivity contribution is -0.660. The summed E-state index contributed by atoms with van der Waals surface area (Å²) in [5.74, 6) is 0.528. The van der Waals surface area contributed by atoms with E-state index in [2.05, 4.69) is 223 Å². The van der Waals surface area contributed by atoms with Crippen molar-refractivity contribution < 1.29 is 4.57 Å². The Balaban J connectivity index is 1.37. The van der Waals surface area contributed by atoms with Crippen LogP contribution in [0.5, 0.6) is 0 Å². The van der Waals surface area contributed by atoms with E-state index in [0.29, 0.717) is 5.92 Å². The van der Waals surface area contributed by atoms with Crippen LogP contribution in [0, 0.1) is 19.3 Å². The van der Waals surface area contributed by atoms with Gasteiger partial charge in [-0.05, 0) is 140 Å². The van der Waals surface area contributed by atoms with Gasteiger partial charge in [-0.25, -0.2) is 4.57 Å². The number of hydrogen-bond acceptors (Lipinski definition) is 2. The second kappa shape index (κ2) is 15.4. The zero-order valence-corrected chi connectivity index (χ0v) is 34.4. The van der Waals surface area contributed by atoms with Crippen LogP contribution in [0.1, 0.15) is 83.4 Å². The lowest BCUT2D eigenvalue weighted by atomic mass is 9.76. The molecule has 2 unspecified atom stereocenters. The summed E-state index contributed by atoms with van der Waals surface area (Å²) in [5, 5.41) is 2.44. The SMILES string of the molecule is CCC(C)c1ccc(N(c2ccc(N(c3ccc(C)c(-c4cccc[n+]4C)c3)c3cccc4ccccc34)cc2)C2(C)C=CC(C(C)(C)CC)=CC2)cc1C. The Labute approximate surface area is 330 Å². The lowest BCUT2D eigenvalue weighted by Gasteiger charge is -2.43. The van der Waals surface area contributed by atoms with Gasteiger partial charge < -0.3 is 9.80 Å². The van der Waals surface area contributed by atoms with Gasteiger partial charge in [0.15, 0.2) is 6.20 Å². The van der Waals surface area contributed by atoms with Crippen molar-refractivity contribution in [2.45, 2.75) is 86.1 Å². The summed E-state index contributed by atoms with van der Waals surface area (Å²) in [7, 11) is 2.12. The number of aryl methyl sites for hydroxylation is 3. The molecule has 2 atom stereocenters. The van der Waals surface area contributed by atoms with Crippen molar-refractivity contribution in [2.75, 3.05) is 9.80 Å². The first-order valence-corrected chi connectivity index (χ1v) is 20.2. The standard InChI is InChI=1S/C52H58N3/c1-10-37(3)46-29-28-45(35-39(46)5)55(52(8)32-30-41(31-33-52)51(6,7)11-2)43-26-24-42(25-27-43)54(50-21-16-18-40-17-12-13-19-47(40)50)44-23-22-38(4)48(36-44)49-20-14-15-34-53(49)9/h12-32,34-37H,10-11,33H2,1-9H3/q+1. The van der Waals surface area contributed by atoms with Crippen molar-refractivity contribution in [2.24, 2.45) is 12.5 Å². The first kappa shape index (κ1) is 37.9. The number of rotatable bonds is 11. The topological polar surface area (TPSA) is 10.4 Å². The zero-order chi connectivity index (χ0) is 38.9. The number of nitrogens with zero attached hydrogens (tertiary/aromatic N) is 3. The largest absolute Gasteiger partial charge is 0.332 e. The number of aromatic nitrogens is 1. The van der Waals surface area contributed by atoms with Crippen LogP contribution in [0.25, 0.3) is 22.0 Å². The molecule has 0 fully saturated rings. The number of benzene rings is 5. The van der Waals surface area contributed by atoms with Gasteiger partial charge in [-0.2, -0.15) is 0 Å². The molecular formula is C52H58N3+. The van der Waals surface area contributed by atoms with Gasteiger partial charge in [-0.15, -0.1) is 0 Å². The molecular weight excluding hydrogens is 667 g/mol. The molecule has 1 aliphatic carbocycles. The highest BCUT2D eigenvalue weighted by atomic mass is 15.2. The lowest BCUT2D eigenvalue weighted by Crippen LogP contribution is -2.43. The third kappa shape index (κ3) is 7.37. The molecule has 1 aliphatic rings. The highest BCUT2D eigenvalue weighted by Gasteiger charge is 2.34. The molecule has 1 heterocycles. The highest BCUT2D eigenvalue weighted by molar-refractivity contribution is 5.99. The van der Waals surface area contributed by atoms with Gasteiger partial charge in [-0.3, -0.25) is 0 Å². The fourth-order valence-corrected chi connectivity index (χ4v) is 8.31. The van der Waals surface area contributed by atoms with E-state index in [4.69, 9.17) is 0 Å². The Morgan fingerprint density at radius 3 is 2.13 bits per heavy atom. The first-order chi connectivity index (χ1) is 26.4. The van der Waals surface area contributed by atoms with Gasteiger partial charge in [0.25, 0.3) is 0 Å². The van der Waals surface area contributed by atoms with E-state index in [9.17, 15) is 0 Å². The maximum absolute atomic E-state index is 2.56. The molecule has 0 saturated carbocycles. The van der Waals surface area contributed by atoms with Crippen molar-refractivity contribution in [3.63, 3.8) is 0 Å². The zero-order valence-electron chi connectivity index (χ0n) is 34.4. The van der Waals surface area contributed by atoms with Crippen LogP contribution in [0.3, 0.4) is 0 Å². The fraction of sp³-hybridized carbons (Fsp3) is 0.288. The van der Waals surface area contributed by atoms with Gasteiger partial charge in [-0.1, -0.05) is 101 Å². The van der Waals surface area contributed by atoms with Crippen LogP contribution in [0.4, 0.5) is 28.4 Å². The van der Waals surface area contributed by atoms with Crippen molar-refractivity contribution in [3.8, 4) is 11.3 Å². The van der Waals surface area contributed by atoms with Crippen LogP contribution in [-0.2, 0) is 7.05 Å². The Morgan fingerprint density at radius 1 is 0.745 bits per heavy atom. The number of fused-ring (bicyclic) bond motifs is 1. The number of allylic oxidation sites excluding steroid dienone is 2. The van der Waals surface area contributed by atoms with E-state index in [1.165, 1.54) is 55.7 Å². The van der Waals surface area contributed by atoms with Gasteiger partial charge in [0, 0.05) is 40.3 Å². The van der Waals surface area contributed by atoms with Crippen molar-refractivity contribution in [3.05, 3.63) is 168 Å². The molecule has 0 spiro atoms. The third-order valence-electron chi connectivity index (χ3n) is 12.4. The molecule has 3 nitrogen and oxygen atoms in total. The van der Waals surface area contributed by atoms with E-state index in [1.807, 2.05) is 0 Å². The predicted molar refractivity (Wildman–Crippen MR) is 236 cm³/mol. The molecule has 1 aromatic heterocycles. The molecule has 0 aliphatic heterocycles. The van der Waals surface area contributed by atoms with Crippen LogP contribution >= 0.6 is 0 Å². The Morgan fingerprint density at radius 2 is 1.44 bits per heavy atom. The Kier molecular flexibility index (Phi) is 10.6. The normalized spacial score (nSPS) is 16.2. The van der Waals surface area contributed by atoms with Crippen molar-refractivity contribution in [1.29, 1.82) is 0 Å². The molecule has 0 amide bonds. The monoisotopic (exact) mass is 724 g/mol. The molecule has 280 valence electrons. The number of anilines is 5. The van der Waals surface area contributed by atoms with Crippen LogP contribution in [-0.4, -0.2) is 5.54 Å². The van der Waals surface area contributed by atoms with E-state index in [-0.39, 0.29) is 11.0 Å². The van der Waals surface area contributed by atoms with Crippen LogP contribution < -0.4 is 14.4 Å². The summed E-state index contributed by atoms with van der Waals surface area (Å²) in [6.45, 7) is 18.5. The second-order valence-electron chi connectivity index (χ2n) is 16.5. The van der Waals surface area contributed by atoms with Crippen molar-refractivity contribution >= 4 is 39.2 Å². The van der Waals surface area contributed by atoms with E-state index >= 15 is 0 Å². The highest BCUT2D eigenvalue weighted by Crippen LogP contribution is 2.45. The summed E-state index contributed by atoms with van der Waals surface area (Å²) in [5.41, 5.74) is 13.6. The number of pyridine rings is 1. The van der Waals surface area contributed by atoms with E-state index < -0.39 is 0 Å². The maximum Gasteiger partial charge on any atom is 0.212 e. The number of hydrogen-bond donors (Lipinski definition) is 0. The Bertz CT molecular complexity index is 2370. The minimum absolute atomic E-state index is 0.150. The quantitative estimate of drug-likeness (QED) is 0.123. The summed E-state index contributed by atoms with van der Waals surface area (Å²) in [6, 6.07) is 45.0. The van der Waals surface area contributed by atoms with Gasteiger partial charge in [0.1, 0.15) is 7.05 Å². The summed E-state index contributed by atoms with van der Waals surface area (Å²) in [4.78, 5) is 4.99. The third-order valence-corrected chi connectivity index (χ3v) is 12.4. The molecule has 3 heteroatoms. The molecule has 5 aromatic carbocycles. The molecule has 0 radical (unpaired) electrons. The average molecular weight is 725 g/mol. The predicted octanol–water partition coefficient (Wildman–Crippen LogP) is 14.2. The molecule has 55 heavy (non-hydrogen) atoms. The fourth-order valence-electron chi connectivity index (χ4n) is 8.31. The molecule has 6 aromatic rings. The van der Waals surface area contributed by atoms with Gasteiger partial charge in [0.2, 0.25) is 5.69 Å². The maximum atomic E-state index is 2.56. The molecule has 0 bridgehead atoms. The van der Waals surface area contributed by atoms with Gasteiger partial charge >= 0.3 is 0 Å². The summed E-state index contributed by atoms with van der Waals surface area (Å²) in [6.07, 6.45) is 12.6. The molecule has 0 saturated heterocycles. The second-order valence-corrected chi connectivity index (χ2v) is 16.5. The summed E-state index contributed by atoms with van der Waals surface area (Å²) >= 11 is 0.